The molecule has 0 bridgehead atoms. The van der Waals surface area contributed by atoms with Crippen LogP contribution in [0.3, 0.4) is 0 Å². The van der Waals surface area contributed by atoms with Gasteiger partial charge in [0.2, 0.25) is 0 Å². The number of carbonyl (C=O) groups excluding carboxylic acids is 1. The Morgan fingerprint density at radius 2 is 1.91 bits per heavy atom. The highest BCUT2D eigenvalue weighted by molar-refractivity contribution is 5.93. The maximum Gasteiger partial charge on any atom is 0.271 e. The number of hydrogen-bond acceptors (Lipinski definition) is 3. The van der Waals surface area contributed by atoms with Crippen LogP contribution in [0.4, 0.5) is 4.39 Å². The Morgan fingerprint density at radius 3 is 2.57 bits per heavy atom. The summed E-state index contributed by atoms with van der Waals surface area (Å²) in [5, 5.41) is 6.66. The average molecular weight is 318 g/mol. The standard InChI is InChI=1S/C17H23FN4O/c1-16(2)7-12(8-17(3,4)21-16)19-15(23)13-10-22-9-11(18)5-6-14(22)20-13/h5-6,9-10,12,21H,7-8H2,1-4H3,(H,19,23). The summed E-state index contributed by atoms with van der Waals surface area (Å²) in [7, 11) is 0. The molecule has 0 saturated carbocycles. The molecular formula is C17H23FN4O. The first kappa shape index (κ1) is 15.9. The molecule has 3 rings (SSSR count). The van der Waals surface area contributed by atoms with Crippen molar-refractivity contribution in [2.24, 2.45) is 0 Å². The van der Waals surface area contributed by atoms with Crippen molar-refractivity contribution >= 4 is 11.6 Å². The number of nitrogens with one attached hydrogen (secondary N) is 2. The Morgan fingerprint density at radius 1 is 1.26 bits per heavy atom. The summed E-state index contributed by atoms with van der Waals surface area (Å²) in [6, 6.07) is 2.97. The number of imidazole rings is 1. The number of hydrogen-bond donors (Lipinski definition) is 2. The zero-order valence-electron chi connectivity index (χ0n) is 14.0. The molecule has 0 spiro atoms. The molecule has 0 atom stereocenters. The van der Waals surface area contributed by atoms with E-state index < -0.39 is 0 Å². The lowest BCUT2D eigenvalue weighted by Crippen LogP contribution is -2.62. The van der Waals surface area contributed by atoms with Gasteiger partial charge < -0.3 is 15.0 Å². The molecule has 3 heterocycles. The van der Waals surface area contributed by atoms with Gasteiger partial charge >= 0.3 is 0 Å². The zero-order valence-corrected chi connectivity index (χ0v) is 14.0. The van der Waals surface area contributed by atoms with Gasteiger partial charge in [0.15, 0.2) is 0 Å². The summed E-state index contributed by atoms with van der Waals surface area (Å²) in [6.45, 7) is 8.56. The third-order valence-corrected chi connectivity index (χ3v) is 4.17. The smallest absolute Gasteiger partial charge is 0.271 e. The number of carbonyl (C=O) groups is 1. The lowest BCUT2D eigenvalue weighted by Gasteiger charge is -2.46. The molecule has 2 aromatic heterocycles. The van der Waals surface area contributed by atoms with Gasteiger partial charge in [0.05, 0.1) is 0 Å². The van der Waals surface area contributed by atoms with Crippen LogP contribution in [0, 0.1) is 5.82 Å². The predicted molar refractivity (Wildman–Crippen MR) is 86.9 cm³/mol. The second-order valence-corrected chi connectivity index (χ2v) is 7.71. The van der Waals surface area contributed by atoms with E-state index >= 15 is 0 Å². The van der Waals surface area contributed by atoms with Crippen molar-refractivity contribution < 1.29 is 9.18 Å². The molecule has 124 valence electrons. The molecule has 1 fully saturated rings. The Kier molecular flexibility index (Phi) is 3.67. The zero-order chi connectivity index (χ0) is 16.8. The molecular weight excluding hydrogens is 295 g/mol. The van der Waals surface area contributed by atoms with Gasteiger partial charge in [-0.1, -0.05) is 0 Å². The molecule has 1 aliphatic rings. The minimum absolute atomic E-state index is 0.0399. The Balaban J connectivity index is 1.77. The molecule has 5 nitrogen and oxygen atoms in total. The molecule has 0 aliphatic carbocycles. The summed E-state index contributed by atoms with van der Waals surface area (Å²) in [6.07, 6.45) is 4.58. The number of piperidine rings is 1. The van der Waals surface area contributed by atoms with E-state index in [4.69, 9.17) is 0 Å². The normalized spacial score (nSPS) is 20.6. The van der Waals surface area contributed by atoms with Crippen LogP contribution in [-0.2, 0) is 0 Å². The maximum atomic E-state index is 13.2. The van der Waals surface area contributed by atoms with E-state index in [0.717, 1.165) is 12.8 Å². The minimum Gasteiger partial charge on any atom is -0.348 e. The molecule has 0 unspecified atom stereocenters. The predicted octanol–water partition coefficient (Wildman–Crippen LogP) is 2.51. The fraction of sp³-hybridized carbons (Fsp3) is 0.529. The van der Waals surface area contributed by atoms with Crippen LogP contribution in [0.2, 0.25) is 0 Å². The second-order valence-electron chi connectivity index (χ2n) is 7.71. The molecule has 0 radical (unpaired) electrons. The SMILES string of the molecule is CC1(C)CC(NC(=O)c2cn3cc(F)ccc3n2)CC(C)(C)N1. The highest BCUT2D eigenvalue weighted by atomic mass is 19.1. The van der Waals surface area contributed by atoms with Crippen molar-refractivity contribution in [1.29, 1.82) is 0 Å². The Bertz CT molecular complexity index is 734. The van der Waals surface area contributed by atoms with Gasteiger partial charge in [-0.25, -0.2) is 9.37 Å². The number of halogens is 1. The van der Waals surface area contributed by atoms with Crippen molar-refractivity contribution in [2.45, 2.75) is 57.7 Å². The van der Waals surface area contributed by atoms with Gasteiger partial charge in [-0.15, -0.1) is 0 Å². The lowest BCUT2D eigenvalue weighted by atomic mass is 9.79. The van der Waals surface area contributed by atoms with Crippen molar-refractivity contribution in [1.82, 2.24) is 20.0 Å². The van der Waals surface area contributed by atoms with Crippen molar-refractivity contribution in [3.05, 3.63) is 36.0 Å². The van der Waals surface area contributed by atoms with Crippen LogP contribution in [-0.4, -0.2) is 32.4 Å². The highest BCUT2D eigenvalue weighted by Crippen LogP contribution is 2.28. The lowest BCUT2D eigenvalue weighted by molar-refractivity contribution is 0.0869. The molecule has 2 aromatic rings. The Hall–Kier alpha value is -1.95. The van der Waals surface area contributed by atoms with Crippen LogP contribution in [0.1, 0.15) is 51.0 Å². The van der Waals surface area contributed by atoms with Crippen LogP contribution in [0.25, 0.3) is 5.65 Å². The summed E-state index contributed by atoms with van der Waals surface area (Å²) in [5.74, 6) is -0.573. The van der Waals surface area contributed by atoms with Crippen LogP contribution < -0.4 is 10.6 Å². The number of nitrogens with zero attached hydrogens (tertiary/aromatic N) is 2. The minimum atomic E-state index is -0.358. The molecule has 1 aliphatic heterocycles. The molecule has 23 heavy (non-hydrogen) atoms. The number of aromatic nitrogens is 2. The summed E-state index contributed by atoms with van der Waals surface area (Å²) >= 11 is 0. The third kappa shape index (κ3) is 3.52. The van der Waals surface area contributed by atoms with E-state index in [-0.39, 0.29) is 28.8 Å². The van der Waals surface area contributed by atoms with Crippen LogP contribution in [0.15, 0.2) is 24.5 Å². The number of amides is 1. The molecule has 6 heteroatoms. The second kappa shape index (κ2) is 5.30. The maximum absolute atomic E-state index is 13.2. The van der Waals surface area contributed by atoms with E-state index in [0.29, 0.717) is 11.3 Å². The summed E-state index contributed by atoms with van der Waals surface area (Å²) in [4.78, 5) is 16.7. The quantitative estimate of drug-likeness (QED) is 0.894. The van der Waals surface area contributed by atoms with Gasteiger partial charge in [0.25, 0.3) is 5.91 Å². The summed E-state index contributed by atoms with van der Waals surface area (Å²) in [5.41, 5.74) is 0.788. The van der Waals surface area contributed by atoms with E-state index in [2.05, 4.69) is 43.3 Å². The third-order valence-electron chi connectivity index (χ3n) is 4.17. The van der Waals surface area contributed by atoms with Crippen molar-refractivity contribution in [2.75, 3.05) is 0 Å². The van der Waals surface area contributed by atoms with E-state index in [1.807, 2.05) is 0 Å². The fourth-order valence-electron chi connectivity index (χ4n) is 3.76. The number of pyridine rings is 1. The van der Waals surface area contributed by atoms with E-state index in [9.17, 15) is 9.18 Å². The van der Waals surface area contributed by atoms with Gasteiger partial charge in [0, 0.05) is 29.5 Å². The first-order valence-electron chi connectivity index (χ1n) is 7.88. The molecule has 1 saturated heterocycles. The van der Waals surface area contributed by atoms with Gasteiger partial charge in [-0.05, 0) is 52.7 Å². The fourth-order valence-corrected chi connectivity index (χ4v) is 3.76. The van der Waals surface area contributed by atoms with Crippen LogP contribution in [0.5, 0.6) is 0 Å². The van der Waals surface area contributed by atoms with Crippen LogP contribution >= 0.6 is 0 Å². The molecule has 2 N–H and O–H groups in total. The summed E-state index contributed by atoms with van der Waals surface area (Å²) < 4.78 is 14.8. The molecule has 0 aromatic carbocycles. The Labute approximate surface area is 135 Å². The van der Waals surface area contributed by atoms with Crippen molar-refractivity contribution in [3.63, 3.8) is 0 Å². The number of fused-ring (bicyclic) bond motifs is 1. The first-order valence-corrected chi connectivity index (χ1v) is 7.88. The van der Waals surface area contributed by atoms with Gasteiger partial charge in [-0.3, -0.25) is 4.79 Å². The van der Waals surface area contributed by atoms with Gasteiger partial charge in [0.1, 0.15) is 17.2 Å². The van der Waals surface area contributed by atoms with Gasteiger partial charge in [-0.2, -0.15) is 0 Å². The van der Waals surface area contributed by atoms with E-state index in [1.54, 1.807) is 12.3 Å². The topological polar surface area (TPSA) is 58.4 Å². The molecule has 1 amide bonds. The highest BCUT2D eigenvalue weighted by Gasteiger charge is 2.38. The van der Waals surface area contributed by atoms with E-state index in [1.165, 1.54) is 16.7 Å². The number of rotatable bonds is 2. The largest absolute Gasteiger partial charge is 0.348 e. The average Bonchev–Trinajstić information content (AvgIpc) is 2.77. The first-order chi connectivity index (χ1) is 10.6. The monoisotopic (exact) mass is 318 g/mol. The van der Waals surface area contributed by atoms with Crippen molar-refractivity contribution in [3.8, 4) is 0 Å².